The first-order chi connectivity index (χ1) is 6.58. The van der Waals surface area contributed by atoms with E-state index in [9.17, 15) is 4.79 Å². The molecular formula is C10H8Br2O2. The first kappa shape index (κ1) is 10.2. The highest BCUT2D eigenvalue weighted by Crippen LogP contribution is 2.52. The van der Waals surface area contributed by atoms with Crippen LogP contribution in [0.3, 0.4) is 0 Å². The summed E-state index contributed by atoms with van der Waals surface area (Å²) in [6, 6.07) is 5.64. The van der Waals surface area contributed by atoms with Gasteiger partial charge in [-0.05, 0) is 30.5 Å². The van der Waals surface area contributed by atoms with Gasteiger partial charge in [0.05, 0.1) is 5.41 Å². The molecule has 1 N–H and O–H groups in total. The molecule has 0 radical (unpaired) electrons. The van der Waals surface area contributed by atoms with Crippen LogP contribution in [0, 0.1) is 0 Å². The predicted octanol–water partition coefficient (Wildman–Crippen LogP) is 3.33. The standard InChI is InChI=1S/C10H8Br2O2/c11-6-2-1-3-7(12)8(6)10(4-5-10)9(13)14/h1-3H,4-5H2,(H,13,14). The molecule has 1 saturated carbocycles. The Hall–Kier alpha value is -0.350. The van der Waals surface area contributed by atoms with Crippen LogP contribution in [0.25, 0.3) is 0 Å². The fourth-order valence-corrected chi connectivity index (χ4v) is 3.41. The summed E-state index contributed by atoms with van der Waals surface area (Å²) in [7, 11) is 0. The summed E-state index contributed by atoms with van der Waals surface area (Å²) in [5.74, 6) is -0.731. The lowest BCUT2D eigenvalue weighted by Gasteiger charge is -2.14. The molecule has 4 heteroatoms. The Bertz CT molecular complexity index is 377. The Kier molecular flexibility index (Phi) is 2.43. The summed E-state index contributed by atoms with van der Waals surface area (Å²) in [6.45, 7) is 0. The van der Waals surface area contributed by atoms with Crippen LogP contribution in [0.15, 0.2) is 27.1 Å². The van der Waals surface area contributed by atoms with Crippen molar-refractivity contribution in [1.29, 1.82) is 0 Å². The maximum Gasteiger partial charge on any atom is 0.314 e. The van der Waals surface area contributed by atoms with E-state index in [2.05, 4.69) is 31.9 Å². The second-order valence-electron chi connectivity index (χ2n) is 3.48. The minimum absolute atomic E-state index is 0.654. The number of hydrogen-bond acceptors (Lipinski definition) is 1. The molecule has 1 aromatic carbocycles. The van der Waals surface area contributed by atoms with E-state index in [-0.39, 0.29) is 0 Å². The second-order valence-corrected chi connectivity index (χ2v) is 5.19. The molecule has 14 heavy (non-hydrogen) atoms. The molecule has 0 unspecified atom stereocenters. The van der Waals surface area contributed by atoms with E-state index in [0.29, 0.717) is 0 Å². The third-order valence-corrected chi connectivity index (χ3v) is 3.92. The molecule has 74 valence electrons. The lowest BCUT2D eigenvalue weighted by Crippen LogP contribution is -2.20. The topological polar surface area (TPSA) is 37.3 Å². The van der Waals surface area contributed by atoms with Crippen LogP contribution >= 0.6 is 31.9 Å². The van der Waals surface area contributed by atoms with Gasteiger partial charge in [-0.3, -0.25) is 4.79 Å². The van der Waals surface area contributed by atoms with Crippen LogP contribution in [0.5, 0.6) is 0 Å². The number of halogens is 2. The number of carboxylic acid groups (broad SMARTS) is 1. The first-order valence-electron chi connectivity index (χ1n) is 4.26. The molecule has 0 heterocycles. The van der Waals surface area contributed by atoms with Crippen LogP contribution < -0.4 is 0 Å². The van der Waals surface area contributed by atoms with Crippen molar-refractivity contribution in [2.24, 2.45) is 0 Å². The van der Waals surface area contributed by atoms with Gasteiger partial charge in [-0.2, -0.15) is 0 Å². The zero-order chi connectivity index (χ0) is 10.3. The van der Waals surface area contributed by atoms with E-state index in [0.717, 1.165) is 27.4 Å². The molecule has 1 fully saturated rings. The number of carbonyl (C=O) groups is 1. The van der Waals surface area contributed by atoms with Crippen molar-refractivity contribution in [3.8, 4) is 0 Å². The van der Waals surface area contributed by atoms with Gasteiger partial charge in [-0.25, -0.2) is 0 Å². The fourth-order valence-electron chi connectivity index (χ4n) is 1.65. The molecule has 1 aromatic rings. The highest BCUT2D eigenvalue weighted by Gasteiger charge is 2.53. The van der Waals surface area contributed by atoms with Gasteiger partial charge in [0, 0.05) is 8.95 Å². The van der Waals surface area contributed by atoms with Gasteiger partial charge >= 0.3 is 5.97 Å². The average Bonchev–Trinajstić information content (AvgIpc) is 2.85. The Balaban J connectivity index is 2.56. The monoisotopic (exact) mass is 318 g/mol. The minimum Gasteiger partial charge on any atom is -0.481 e. The molecule has 0 spiro atoms. The van der Waals surface area contributed by atoms with Crippen molar-refractivity contribution in [2.75, 3.05) is 0 Å². The maximum atomic E-state index is 11.1. The van der Waals surface area contributed by atoms with Gasteiger partial charge in [0.15, 0.2) is 0 Å². The lowest BCUT2D eigenvalue weighted by atomic mass is 9.96. The summed E-state index contributed by atoms with van der Waals surface area (Å²) in [5.41, 5.74) is 0.214. The molecule has 2 rings (SSSR count). The van der Waals surface area contributed by atoms with Gasteiger partial charge in [0.1, 0.15) is 0 Å². The van der Waals surface area contributed by atoms with Gasteiger partial charge < -0.3 is 5.11 Å². The Morgan fingerprint density at radius 1 is 1.29 bits per heavy atom. The highest BCUT2D eigenvalue weighted by molar-refractivity contribution is 9.11. The quantitative estimate of drug-likeness (QED) is 0.908. The largest absolute Gasteiger partial charge is 0.481 e. The Labute approximate surface area is 98.6 Å². The Morgan fingerprint density at radius 3 is 2.14 bits per heavy atom. The van der Waals surface area contributed by atoms with Crippen molar-refractivity contribution in [2.45, 2.75) is 18.3 Å². The minimum atomic E-state index is -0.731. The van der Waals surface area contributed by atoms with Crippen molar-refractivity contribution in [3.63, 3.8) is 0 Å². The van der Waals surface area contributed by atoms with E-state index < -0.39 is 11.4 Å². The molecule has 0 atom stereocenters. The van der Waals surface area contributed by atoms with Gasteiger partial charge in [-0.1, -0.05) is 37.9 Å². The molecule has 0 amide bonds. The fraction of sp³-hybridized carbons (Fsp3) is 0.300. The van der Waals surface area contributed by atoms with E-state index >= 15 is 0 Å². The van der Waals surface area contributed by atoms with Crippen molar-refractivity contribution in [1.82, 2.24) is 0 Å². The Morgan fingerprint density at radius 2 is 1.79 bits per heavy atom. The molecule has 0 aromatic heterocycles. The second kappa shape index (κ2) is 3.35. The number of aliphatic carboxylic acids is 1. The number of hydrogen-bond donors (Lipinski definition) is 1. The third-order valence-electron chi connectivity index (χ3n) is 2.60. The summed E-state index contributed by atoms with van der Waals surface area (Å²) in [6.07, 6.45) is 1.45. The summed E-state index contributed by atoms with van der Waals surface area (Å²) in [5, 5.41) is 9.16. The van der Waals surface area contributed by atoms with E-state index in [1.807, 2.05) is 18.2 Å². The normalized spacial score (nSPS) is 17.9. The lowest BCUT2D eigenvalue weighted by molar-refractivity contribution is -0.140. The van der Waals surface area contributed by atoms with Crippen LogP contribution in [-0.2, 0) is 10.2 Å². The summed E-state index contributed by atoms with van der Waals surface area (Å²) >= 11 is 6.80. The van der Waals surface area contributed by atoms with E-state index in [4.69, 9.17) is 5.11 Å². The molecule has 0 bridgehead atoms. The zero-order valence-electron chi connectivity index (χ0n) is 7.26. The van der Waals surface area contributed by atoms with Crippen molar-refractivity contribution >= 4 is 37.8 Å². The van der Waals surface area contributed by atoms with Crippen LogP contribution in [-0.4, -0.2) is 11.1 Å². The maximum absolute atomic E-state index is 11.1. The molecule has 1 aliphatic carbocycles. The third kappa shape index (κ3) is 1.41. The molecule has 0 aliphatic heterocycles. The van der Waals surface area contributed by atoms with Crippen LogP contribution in [0.1, 0.15) is 18.4 Å². The first-order valence-corrected chi connectivity index (χ1v) is 5.84. The van der Waals surface area contributed by atoms with E-state index in [1.165, 1.54) is 0 Å². The van der Waals surface area contributed by atoms with Crippen LogP contribution in [0.4, 0.5) is 0 Å². The smallest absolute Gasteiger partial charge is 0.314 e. The molecule has 2 nitrogen and oxygen atoms in total. The van der Waals surface area contributed by atoms with Gasteiger partial charge in [-0.15, -0.1) is 0 Å². The van der Waals surface area contributed by atoms with Crippen molar-refractivity contribution in [3.05, 3.63) is 32.7 Å². The highest BCUT2D eigenvalue weighted by atomic mass is 79.9. The summed E-state index contributed by atoms with van der Waals surface area (Å²) < 4.78 is 1.73. The molecule has 1 aliphatic rings. The van der Waals surface area contributed by atoms with Crippen LogP contribution in [0.2, 0.25) is 0 Å². The van der Waals surface area contributed by atoms with Gasteiger partial charge in [0.2, 0.25) is 0 Å². The zero-order valence-corrected chi connectivity index (χ0v) is 10.4. The molecule has 0 saturated heterocycles. The van der Waals surface area contributed by atoms with Crippen molar-refractivity contribution < 1.29 is 9.90 Å². The summed E-state index contributed by atoms with van der Waals surface area (Å²) in [4.78, 5) is 11.1. The number of benzene rings is 1. The van der Waals surface area contributed by atoms with Gasteiger partial charge in [0.25, 0.3) is 0 Å². The average molecular weight is 320 g/mol. The van der Waals surface area contributed by atoms with E-state index in [1.54, 1.807) is 0 Å². The molecular weight excluding hydrogens is 312 g/mol. The predicted molar refractivity (Wildman–Crippen MR) is 60.4 cm³/mol. The number of rotatable bonds is 2. The number of carboxylic acids is 1. The SMILES string of the molecule is O=C(O)C1(c2c(Br)cccc2Br)CC1.